The molecule has 0 spiro atoms. The molecule has 2 aliphatic heterocycles. The molecule has 2 N–H and O–H groups in total. The number of carbonyl (C=O) groups excluding carboxylic acids is 1. The monoisotopic (exact) mass is 284 g/mol. The average molecular weight is 284 g/mol. The smallest absolute Gasteiger partial charge is 0.413 e. The minimum atomic E-state index is -1.29. The van der Waals surface area contributed by atoms with Gasteiger partial charge in [0.15, 0.2) is 11.3 Å². The Kier molecular flexibility index (Phi) is 3.20. The van der Waals surface area contributed by atoms with Crippen LogP contribution in [0.25, 0.3) is 0 Å². The molecule has 1 amide bonds. The molecule has 0 bridgehead atoms. The number of aliphatic hydroxyl groups is 1. The van der Waals surface area contributed by atoms with E-state index in [0.717, 1.165) is 12.8 Å². The summed E-state index contributed by atoms with van der Waals surface area (Å²) in [6.07, 6.45) is 1.16. The molecule has 2 fully saturated rings. The van der Waals surface area contributed by atoms with Crippen LogP contribution in [0.2, 0.25) is 0 Å². The molecule has 0 aromatic heterocycles. The summed E-state index contributed by atoms with van der Waals surface area (Å²) in [4.78, 5) is 13.8. The van der Waals surface area contributed by atoms with Crippen molar-refractivity contribution in [1.29, 1.82) is 0 Å². The van der Waals surface area contributed by atoms with Crippen molar-refractivity contribution in [2.45, 2.75) is 89.8 Å². The molecule has 0 radical (unpaired) electrons. The van der Waals surface area contributed by atoms with Gasteiger partial charge in [-0.3, -0.25) is 4.90 Å². The first-order valence-corrected chi connectivity index (χ1v) is 7.31. The second-order valence-electron chi connectivity index (χ2n) is 8.22. The van der Waals surface area contributed by atoms with E-state index in [9.17, 15) is 9.90 Å². The summed E-state index contributed by atoms with van der Waals surface area (Å²) in [6.45, 7) is 13.7. The van der Waals surface area contributed by atoms with Gasteiger partial charge in [0.25, 0.3) is 0 Å². The second-order valence-corrected chi connectivity index (χ2v) is 8.22. The van der Waals surface area contributed by atoms with Crippen molar-refractivity contribution in [3.63, 3.8) is 0 Å². The van der Waals surface area contributed by atoms with Crippen molar-refractivity contribution >= 4 is 6.09 Å². The molecule has 2 heterocycles. The number of nitrogens with zero attached hydrogens (tertiary/aromatic N) is 1. The summed E-state index contributed by atoms with van der Waals surface area (Å²) >= 11 is 0. The minimum absolute atomic E-state index is 0.0366. The molecule has 2 rings (SSSR count). The molecule has 2 aliphatic rings. The van der Waals surface area contributed by atoms with E-state index >= 15 is 0 Å². The van der Waals surface area contributed by atoms with Crippen LogP contribution >= 0.6 is 0 Å². The maximum atomic E-state index is 12.3. The summed E-state index contributed by atoms with van der Waals surface area (Å²) in [6, 6.07) is -0.0366. The number of piperidine rings is 1. The first-order valence-electron chi connectivity index (χ1n) is 7.31. The van der Waals surface area contributed by atoms with Gasteiger partial charge in [-0.2, -0.15) is 0 Å². The van der Waals surface area contributed by atoms with E-state index in [1.165, 1.54) is 4.90 Å². The Morgan fingerprint density at radius 3 is 1.90 bits per heavy atom. The van der Waals surface area contributed by atoms with Gasteiger partial charge in [-0.15, -0.1) is 0 Å². The van der Waals surface area contributed by atoms with Gasteiger partial charge in [0.2, 0.25) is 0 Å². The normalized spacial score (nSPS) is 36.0. The number of cyclic esters (lactones) is 1. The number of rotatable bonds is 1. The third kappa shape index (κ3) is 2.42. The third-order valence-electron chi connectivity index (χ3n) is 4.68. The highest BCUT2D eigenvalue weighted by Crippen LogP contribution is 2.43. The van der Waals surface area contributed by atoms with Gasteiger partial charge in [0.1, 0.15) is 0 Å². The quantitative estimate of drug-likeness (QED) is 0.775. The number of hydrogen-bond donors (Lipinski definition) is 2. The highest BCUT2D eigenvalue weighted by atomic mass is 16.6. The fourth-order valence-electron chi connectivity index (χ4n) is 3.79. The molecule has 0 aliphatic carbocycles. The number of ether oxygens (including phenoxy) is 1. The Balaban J connectivity index is 2.33. The fourth-order valence-corrected chi connectivity index (χ4v) is 3.79. The van der Waals surface area contributed by atoms with Crippen LogP contribution in [0.4, 0.5) is 4.79 Å². The zero-order valence-electron chi connectivity index (χ0n) is 13.7. The lowest BCUT2D eigenvalue weighted by Crippen LogP contribution is -2.66. The molecule has 0 unspecified atom stereocenters. The van der Waals surface area contributed by atoms with Crippen LogP contribution in [0.1, 0.15) is 61.3 Å². The van der Waals surface area contributed by atoms with Crippen molar-refractivity contribution in [3.8, 4) is 0 Å². The highest BCUT2D eigenvalue weighted by Gasteiger charge is 2.60. The molecule has 116 valence electrons. The zero-order chi connectivity index (χ0) is 15.6. The lowest BCUT2D eigenvalue weighted by molar-refractivity contribution is -0.144. The lowest BCUT2D eigenvalue weighted by Gasteiger charge is -2.50. The van der Waals surface area contributed by atoms with E-state index in [0.29, 0.717) is 0 Å². The average Bonchev–Trinajstić information content (AvgIpc) is 2.24. The first-order chi connectivity index (χ1) is 8.78. The van der Waals surface area contributed by atoms with E-state index in [-0.39, 0.29) is 17.1 Å². The molecule has 5 heteroatoms. The van der Waals surface area contributed by atoms with Crippen molar-refractivity contribution in [2.24, 2.45) is 0 Å². The minimum Gasteiger partial charge on any atom is -0.438 e. The predicted octanol–water partition coefficient (Wildman–Crippen LogP) is 2.23. The third-order valence-corrected chi connectivity index (χ3v) is 4.68. The number of carbonyl (C=O) groups is 1. The van der Waals surface area contributed by atoms with Crippen LogP contribution in [0.15, 0.2) is 0 Å². The van der Waals surface area contributed by atoms with Crippen LogP contribution in [0.5, 0.6) is 0 Å². The molecular weight excluding hydrogens is 256 g/mol. The first kappa shape index (κ1) is 15.6. The summed E-state index contributed by atoms with van der Waals surface area (Å²) in [5.41, 5.74) is -2.37. The number of nitrogens with one attached hydrogen (secondary N) is 1. The van der Waals surface area contributed by atoms with Gasteiger partial charge in [-0.1, -0.05) is 0 Å². The Labute approximate surface area is 121 Å². The van der Waals surface area contributed by atoms with E-state index in [1.807, 2.05) is 0 Å². The largest absolute Gasteiger partial charge is 0.438 e. The van der Waals surface area contributed by atoms with Gasteiger partial charge in [0, 0.05) is 17.1 Å². The Morgan fingerprint density at radius 2 is 1.55 bits per heavy atom. The van der Waals surface area contributed by atoms with E-state index in [4.69, 9.17) is 4.74 Å². The lowest BCUT2D eigenvalue weighted by atomic mass is 9.78. The predicted molar refractivity (Wildman–Crippen MR) is 77.3 cm³/mol. The maximum Gasteiger partial charge on any atom is 0.413 e. The Morgan fingerprint density at radius 1 is 1.10 bits per heavy atom. The van der Waals surface area contributed by atoms with Gasteiger partial charge in [0.05, 0.1) is 0 Å². The van der Waals surface area contributed by atoms with Crippen LogP contribution in [0, 0.1) is 0 Å². The Hall–Kier alpha value is -0.810. The van der Waals surface area contributed by atoms with Crippen molar-refractivity contribution in [1.82, 2.24) is 10.2 Å². The molecule has 1 atom stereocenters. The van der Waals surface area contributed by atoms with Crippen LogP contribution in [-0.2, 0) is 4.74 Å². The van der Waals surface area contributed by atoms with Crippen LogP contribution in [0.3, 0.4) is 0 Å². The highest BCUT2D eigenvalue weighted by molar-refractivity contribution is 5.72. The molecular formula is C15H28N2O3. The van der Waals surface area contributed by atoms with Gasteiger partial charge >= 0.3 is 6.09 Å². The second kappa shape index (κ2) is 4.10. The van der Waals surface area contributed by atoms with Gasteiger partial charge in [-0.05, 0) is 61.3 Å². The Bertz CT molecular complexity index is 411. The summed E-state index contributed by atoms with van der Waals surface area (Å²) < 4.78 is 5.38. The number of amides is 1. The topological polar surface area (TPSA) is 61.8 Å². The van der Waals surface area contributed by atoms with Crippen LogP contribution < -0.4 is 5.32 Å². The van der Waals surface area contributed by atoms with Crippen LogP contribution in [-0.4, -0.2) is 44.5 Å². The van der Waals surface area contributed by atoms with Crippen molar-refractivity contribution in [3.05, 3.63) is 0 Å². The molecule has 20 heavy (non-hydrogen) atoms. The summed E-state index contributed by atoms with van der Waals surface area (Å²) in [5.74, 6) is 0. The van der Waals surface area contributed by atoms with Crippen molar-refractivity contribution < 1.29 is 14.6 Å². The van der Waals surface area contributed by atoms with Gasteiger partial charge < -0.3 is 15.2 Å². The SMILES string of the molecule is CC1(C)CC(N2C(=O)OC(C)(C)[C@]2(C)O)CC(C)(C)N1. The van der Waals surface area contributed by atoms with Gasteiger partial charge in [-0.25, -0.2) is 4.79 Å². The summed E-state index contributed by atoms with van der Waals surface area (Å²) in [7, 11) is 0. The standard InChI is InChI=1S/C15H28N2O3/c1-12(2)8-10(9-13(3,4)16-12)17-11(18)20-14(5,6)15(17,7)19/h10,16,19H,8-9H2,1-7H3/t15-/m0/s1. The maximum absolute atomic E-state index is 12.3. The molecule has 0 aromatic carbocycles. The molecule has 5 nitrogen and oxygen atoms in total. The van der Waals surface area contributed by atoms with E-state index in [1.54, 1.807) is 20.8 Å². The molecule has 0 saturated carbocycles. The fraction of sp³-hybridized carbons (Fsp3) is 0.933. The van der Waals surface area contributed by atoms with E-state index < -0.39 is 17.4 Å². The zero-order valence-corrected chi connectivity index (χ0v) is 13.7. The molecule has 0 aromatic rings. The number of hydrogen-bond acceptors (Lipinski definition) is 4. The van der Waals surface area contributed by atoms with E-state index in [2.05, 4.69) is 33.0 Å². The van der Waals surface area contributed by atoms with Crippen molar-refractivity contribution in [2.75, 3.05) is 0 Å². The molecule has 2 saturated heterocycles. The summed E-state index contributed by atoms with van der Waals surface area (Å²) in [5, 5.41) is 14.4.